The molecule has 0 aromatic rings. The van der Waals surface area contributed by atoms with Gasteiger partial charge in [0, 0.05) is 13.1 Å². The largest absolute Gasteiger partial charge is 0.366 e. The van der Waals surface area contributed by atoms with E-state index in [1.54, 1.807) is 0 Å². The van der Waals surface area contributed by atoms with Crippen LogP contribution in [0.25, 0.3) is 0 Å². The number of ether oxygens (including phenoxy) is 1. The first-order chi connectivity index (χ1) is 7.52. The fraction of sp³-hybridized carbons (Fsp3) is 0.923. The van der Waals surface area contributed by atoms with Crippen LogP contribution in [0.15, 0.2) is 0 Å². The second kappa shape index (κ2) is 6.36. The van der Waals surface area contributed by atoms with Crippen molar-refractivity contribution >= 4 is 5.91 Å². The highest BCUT2D eigenvalue weighted by Gasteiger charge is 2.20. The molecule has 1 N–H and O–H groups in total. The van der Waals surface area contributed by atoms with Crippen molar-refractivity contribution in [3.63, 3.8) is 0 Å². The molecular formula is C13H28N2O2. The van der Waals surface area contributed by atoms with Crippen LogP contribution in [0.4, 0.5) is 0 Å². The molecule has 0 spiro atoms. The van der Waals surface area contributed by atoms with Crippen LogP contribution in [-0.4, -0.2) is 50.2 Å². The monoisotopic (exact) mass is 244 g/mol. The SMILES string of the molecule is CN(C)CC(C)(C)CNC(=O)COC(C)(C)C. The summed E-state index contributed by atoms with van der Waals surface area (Å²) in [5.41, 5.74) is -0.197. The molecule has 0 aliphatic heterocycles. The number of rotatable bonds is 6. The summed E-state index contributed by atoms with van der Waals surface area (Å²) in [7, 11) is 4.07. The van der Waals surface area contributed by atoms with E-state index in [4.69, 9.17) is 4.74 Å². The highest BCUT2D eigenvalue weighted by Crippen LogP contribution is 2.14. The fourth-order valence-corrected chi connectivity index (χ4v) is 1.58. The minimum Gasteiger partial charge on any atom is -0.366 e. The molecule has 0 radical (unpaired) electrons. The zero-order valence-electron chi connectivity index (χ0n) is 12.4. The van der Waals surface area contributed by atoms with Gasteiger partial charge in [0.1, 0.15) is 6.61 Å². The molecule has 17 heavy (non-hydrogen) atoms. The topological polar surface area (TPSA) is 41.6 Å². The Kier molecular flexibility index (Phi) is 6.13. The predicted octanol–water partition coefficient (Wildman–Crippen LogP) is 1.51. The van der Waals surface area contributed by atoms with Gasteiger partial charge in [0.05, 0.1) is 5.60 Å². The van der Waals surface area contributed by atoms with Crippen molar-refractivity contribution < 1.29 is 9.53 Å². The zero-order chi connectivity index (χ0) is 13.7. The van der Waals surface area contributed by atoms with Gasteiger partial charge in [-0.05, 0) is 40.3 Å². The van der Waals surface area contributed by atoms with Crippen LogP contribution in [0.3, 0.4) is 0 Å². The molecule has 0 aromatic heterocycles. The molecule has 0 unspecified atom stereocenters. The van der Waals surface area contributed by atoms with E-state index < -0.39 is 0 Å². The number of carbonyl (C=O) groups is 1. The van der Waals surface area contributed by atoms with Crippen molar-refractivity contribution in [1.82, 2.24) is 10.2 Å². The summed E-state index contributed by atoms with van der Waals surface area (Å²) in [5.74, 6) is -0.0493. The maximum atomic E-state index is 11.6. The summed E-state index contributed by atoms with van der Waals surface area (Å²) in [5, 5.41) is 2.91. The second-order valence-corrected chi connectivity index (χ2v) is 6.58. The van der Waals surface area contributed by atoms with Crippen molar-refractivity contribution in [2.45, 2.75) is 40.2 Å². The first-order valence-corrected chi connectivity index (χ1v) is 6.07. The Labute approximate surface area is 106 Å². The smallest absolute Gasteiger partial charge is 0.246 e. The van der Waals surface area contributed by atoms with Crippen molar-refractivity contribution in [2.75, 3.05) is 33.8 Å². The molecule has 4 nitrogen and oxygen atoms in total. The highest BCUT2D eigenvalue weighted by atomic mass is 16.5. The molecule has 0 heterocycles. The van der Waals surface area contributed by atoms with Gasteiger partial charge in [-0.3, -0.25) is 4.79 Å². The van der Waals surface area contributed by atoms with Gasteiger partial charge in [0.2, 0.25) is 5.91 Å². The van der Waals surface area contributed by atoms with Crippen LogP contribution in [-0.2, 0) is 9.53 Å². The van der Waals surface area contributed by atoms with Crippen molar-refractivity contribution in [2.24, 2.45) is 5.41 Å². The number of amides is 1. The fourth-order valence-electron chi connectivity index (χ4n) is 1.58. The third kappa shape index (κ3) is 10.3. The molecule has 0 saturated heterocycles. The van der Waals surface area contributed by atoms with Gasteiger partial charge in [-0.2, -0.15) is 0 Å². The summed E-state index contributed by atoms with van der Waals surface area (Å²) in [6, 6.07) is 0. The maximum Gasteiger partial charge on any atom is 0.246 e. The average molecular weight is 244 g/mol. The van der Waals surface area contributed by atoms with Crippen molar-refractivity contribution in [1.29, 1.82) is 0 Å². The molecule has 0 aliphatic carbocycles. The van der Waals surface area contributed by atoms with Crippen LogP contribution < -0.4 is 5.32 Å². The van der Waals surface area contributed by atoms with E-state index in [0.29, 0.717) is 6.54 Å². The first kappa shape index (κ1) is 16.4. The molecule has 0 rings (SSSR count). The Balaban J connectivity index is 3.91. The Morgan fingerprint density at radius 1 is 1.18 bits per heavy atom. The zero-order valence-corrected chi connectivity index (χ0v) is 12.4. The van der Waals surface area contributed by atoms with Gasteiger partial charge in [0.25, 0.3) is 0 Å². The van der Waals surface area contributed by atoms with Crippen molar-refractivity contribution in [3.05, 3.63) is 0 Å². The van der Waals surface area contributed by atoms with Crippen LogP contribution in [0.5, 0.6) is 0 Å². The Morgan fingerprint density at radius 3 is 2.12 bits per heavy atom. The molecule has 0 aliphatic rings. The average Bonchev–Trinajstić information content (AvgIpc) is 2.08. The van der Waals surface area contributed by atoms with Gasteiger partial charge >= 0.3 is 0 Å². The van der Waals surface area contributed by atoms with Crippen molar-refractivity contribution in [3.8, 4) is 0 Å². The predicted molar refractivity (Wildman–Crippen MR) is 71.0 cm³/mol. The van der Waals surface area contributed by atoms with Gasteiger partial charge in [0.15, 0.2) is 0 Å². The molecule has 4 heteroatoms. The lowest BCUT2D eigenvalue weighted by Gasteiger charge is -2.28. The normalized spacial score (nSPS) is 12.9. The summed E-state index contributed by atoms with van der Waals surface area (Å²) >= 11 is 0. The van der Waals surface area contributed by atoms with Crippen LogP contribution >= 0.6 is 0 Å². The molecule has 1 amide bonds. The lowest BCUT2D eigenvalue weighted by molar-refractivity contribution is -0.131. The Bertz CT molecular complexity index is 242. The number of hydrogen-bond donors (Lipinski definition) is 1. The van der Waals surface area contributed by atoms with E-state index in [-0.39, 0.29) is 23.5 Å². The van der Waals surface area contributed by atoms with Gasteiger partial charge < -0.3 is 15.0 Å². The number of carbonyl (C=O) groups excluding carboxylic acids is 1. The maximum absolute atomic E-state index is 11.6. The number of nitrogens with one attached hydrogen (secondary N) is 1. The lowest BCUT2D eigenvalue weighted by atomic mass is 9.93. The van der Waals surface area contributed by atoms with E-state index in [1.165, 1.54) is 0 Å². The van der Waals surface area contributed by atoms with Crippen LogP contribution in [0, 0.1) is 5.41 Å². The van der Waals surface area contributed by atoms with Gasteiger partial charge in [-0.15, -0.1) is 0 Å². The summed E-state index contributed by atoms with van der Waals surface area (Å²) in [6.45, 7) is 11.8. The number of hydrogen-bond acceptors (Lipinski definition) is 3. The second-order valence-electron chi connectivity index (χ2n) is 6.58. The van der Waals surface area contributed by atoms with Gasteiger partial charge in [-0.25, -0.2) is 0 Å². The third-order valence-electron chi connectivity index (χ3n) is 2.14. The van der Waals surface area contributed by atoms with Crippen LogP contribution in [0.1, 0.15) is 34.6 Å². The van der Waals surface area contributed by atoms with Gasteiger partial charge in [-0.1, -0.05) is 13.8 Å². The van der Waals surface area contributed by atoms with E-state index in [0.717, 1.165) is 6.54 Å². The minimum atomic E-state index is -0.267. The third-order valence-corrected chi connectivity index (χ3v) is 2.14. The molecule has 0 atom stereocenters. The Morgan fingerprint density at radius 2 is 1.71 bits per heavy atom. The molecule has 0 aromatic carbocycles. The van der Waals surface area contributed by atoms with E-state index in [9.17, 15) is 4.79 Å². The molecule has 0 saturated carbocycles. The molecule has 0 bridgehead atoms. The highest BCUT2D eigenvalue weighted by molar-refractivity contribution is 5.77. The molecule has 102 valence electrons. The van der Waals surface area contributed by atoms with E-state index in [2.05, 4.69) is 24.1 Å². The van der Waals surface area contributed by atoms with Crippen LogP contribution in [0.2, 0.25) is 0 Å². The van der Waals surface area contributed by atoms with E-state index in [1.807, 2.05) is 34.9 Å². The Hall–Kier alpha value is -0.610. The lowest BCUT2D eigenvalue weighted by Crippen LogP contribution is -2.41. The number of nitrogens with zero attached hydrogens (tertiary/aromatic N) is 1. The van der Waals surface area contributed by atoms with E-state index >= 15 is 0 Å². The minimum absolute atomic E-state index is 0.0493. The standard InChI is InChI=1S/C13H28N2O2/c1-12(2,3)17-8-11(16)14-9-13(4,5)10-15(6)7/h8-10H2,1-7H3,(H,14,16). The molecular weight excluding hydrogens is 216 g/mol. The molecule has 0 fully saturated rings. The summed E-state index contributed by atoms with van der Waals surface area (Å²) < 4.78 is 5.41. The summed E-state index contributed by atoms with van der Waals surface area (Å²) in [4.78, 5) is 13.7. The summed E-state index contributed by atoms with van der Waals surface area (Å²) in [6.07, 6.45) is 0. The quantitative estimate of drug-likeness (QED) is 0.770. The first-order valence-electron chi connectivity index (χ1n) is 6.07.